The summed E-state index contributed by atoms with van der Waals surface area (Å²) in [5.74, 6) is 0. The first-order valence-corrected chi connectivity index (χ1v) is 24.0. The van der Waals surface area contributed by atoms with Crippen LogP contribution >= 0.6 is 11.3 Å². The summed E-state index contributed by atoms with van der Waals surface area (Å²) in [6.45, 7) is 32.3. The van der Waals surface area contributed by atoms with Gasteiger partial charge in [-0.2, -0.15) is 0 Å². The van der Waals surface area contributed by atoms with E-state index in [1.165, 1.54) is 70.5 Å². The number of hydrogen-bond donors (Lipinski definition) is 0. The number of hydrogen-bond acceptors (Lipinski definition) is 3. The number of anilines is 6. The normalized spacial score (nSPS) is 16.9. The highest BCUT2D eigenvalue weighted by molar-refractivity contribution is 7.33. The van der Waals surface area contributed by atoms with E-state index in [1.54, 1.807) is 0 Å². The van der Waals surface area contributed by atoms with Gasteiger partial charge in [-0.1, -0.05) is 151 Å². The fraction of sp³-hybridized carbons (Fsp3) is 0.356. The molecule has 0 fully saturated rings. The maximum Gasteiger partial charge on any atom is 0.264 e. The molecule has 0 saturated carbocycles. The second-order valence-electron chi connectivity index (χ2n) is 23.3. The van der Waals surface area contributed by atoms with Gasteiger partial charge in [-0.25, -0.2) is 0 Å². The van der Waals surface area contributed by atoms with Crippen LogP contribution in [0.3, 0.4) is 0 Å². The lowest BCUT2D eigenvalue weighted by atomic mass is 9.35. The Morgan fingerprint density at radius 2 is 1.16 bits per heavy atom. The van der Waals surface area contributed by atoms with Gasteiger partial charge >= 0.3 is 0 Å². The average molecular weight is 847 g/mol. The number of thiophene rings is 1. The lowest BCUT2D eigenvalue weighted by molar-refractivity contribution is 0.332. The highest BCUT2D eigenvalue weighted by Gasteiger charge is 2.48. The Labute approximate surface area is 385 Å². The van der Waals surface area contributed by atoms with Crippen molar-refractivity contribution in [1.82, 2.24) is 0 Å². The van der Waals surface area contributed by atoms with Gasteiger partial charge in [0.15, 0.2) is 0 Å². The molecule has 0 bridgehead atoms. The van der Waals surface area contributed by atoms with Crippen LogP contribution in [0.5, 0.6) is 0 Å². The summed E-state index contributed by atoms with van der Waals surface area (Å²) in [6, 6.07) is 39.9. The summed E-state index contributed by atoms with van der Waals surface area (Å²) in [4.78, 5) is 4.94. The van der Waals surface area contributed by atoms with Crippen LogP contribution in [0.15, 0.2) is 115 Å². The lowest BCUT2D eigenvalue weighted by Crippen LogP contribution is -2.61. The van der Waals surface area contributed by atoms with Crippen molar-refractivity contribution in [2.45, 2.75) is 137 Å². The van der Waals surface area contributed by atoms with Gasteiger partial charge in [0.25, 0.3) is 6.71 Å². The summed E-state index contributed by atoms with van der Waals surface area (Å²) in [7, 11) is 0. The van der Waals surface area contributed by atoms with Crippen molar-refractivity contribution < 1.29 is 2.74 Å². The van der Waals surface area contributed by atoms with Crippen LogP contribution in [-0.4, -0.2) is 6.71 Å². The maximum atomic E-state index is 9.87. The Bertz CT molecular complexity index is 3080. The maximum absolute atomic E-state index is 9.87. The van der Waals surface area contributed by atoms with Crippen molar-refractivity contribution in [2.75, 3.05) is 9.80 Å². The fourth-order valence-electron chi connectivity index (χ4n) is 10.6. The third kappa shape index (κ3) is 6.72. The molecule has 10 rings (SSSR count). The summed E-state index contributed by atoms with van der Waals surface area (Å²) < 4.78 is 22.3. The molecule has 0 saturated heterocycles. The van der Waals surface area contributed by atoms with Crippen molar-refractivity contribution in [2.24, 2.45) is 0 Å². The molecule has 3 aliphatic rings. The molecule has 4 heteroatoms. The first kappa shape index (κ1) is 39.5. The van der Waals surface area contributed by atoms with Crippen LogP contribution in [-0.2, 0) is 27.1 Å². The molecule has 3 heterocycles. The number of fused-ring (bicyclic) bond motifs is 7. The van der Waals surface area contributed by atoms with Crippen molar-refractivity contribution in [1.29, 1.82) is 0 Å². The minimum absolute atomic E-state index is 0.00496. The molecule has 7 aromatic rings. The van der Waals surface area contributed by atoms with Gasteiger partial charge < -0.3 is 9.80 Å². The van der Waals surface area contributed by atoms with Crippen molar-refractivity contribution in [3.05, 3.63) is 149 Å². The number of aryl methyl sites for hydroxylation is 1. The van der Waals surface area contributed by atoms with Gasteiger partial charge in [-0.15, -0.1) is 11.3 Å². The predicted molar refractivity (Wildman–Crippen MR) is 277 cm³/mol. The van der Waals surface area contributed by atoms with Gasteiger partial charge in [0.05, 0.1) is 14.1 Å². The Morgan fingerprint density at radius 1 is 0.587 bits per heavy atom. The lowest BCUT2D eigenvalue weighted by Gasteiger charge is -2.47. The number of benzene rings is 6. The van der Waals surface area contributed by atoms with Gasteiger partial charge in [0.2, 0.25) is 0 Å². The van der Waals surface area contributed by atoms with Crippen LogP contribution in [0.1, 0.15) is 139 Å². The standard InChI is InChI=1S/C59H65BN2S/c1-36-30-49-52-50(31-36)62(47-26-22-39(56(5,6)7)32-42(47)37-18-16-15-17-19-37)48-35-45-44(58(11,12)28-29-59(45,13)14)34-46(48)60(52)54-53(43-33-40(57(8,9)10)23-27-51(43)63-54)61(49)41-24-20-38(21-25-41)55(2,3)4/h15-27,30-35H,28-29H2,1-14H3/i24D,25D. The zero-order valence-corrected chi connectivity index (χ0v) is 40.9. The number of rotatable bonds is 3. The van der Waals surface area contributed by atoms with E-state index in [0.717, 1.165) is 41.0 Å². The van der Waals surface area contributed by atoms with E-state index in [0.29, 0.717) is 17.8 Å². The molecule has 2 nitrogen and oxygen atoms in total. The van der Waals surface area contributed by atoms with E-state index in [9.17, 15) is 2.74 Å². The van der Waals surface area contributed by atoms with Gasteiger partial charge in [0.1, 0.15) is 0 Å². The Hall–Kier alpha value is -5.06. The van der Waals surface area contributed by atoms with E-state index in [-0.39, 0.29) is 33.8 Å². The summed E-state index contributed by atoms with van der Waals surface area (Å²) in [6.07, 6.45) is 2.27. The minimum atomic E-state index is -0.202. The van der Waals surface area contributed by atoms with Crippen molar-refractivity contribution in [3.8, 4) is 11.1 Å². The van der Waals surface area contributed by atoms with Crippen LogP contribution in [0, 0.1) is 6.92 Å². The van der Waals surface area contributed by atoms with Crippen LogP contribution in [0.4, 0.5) is 34.1 Å². The van der Waals surface area contributed by atoms with Crippen molar-refractivity contribution in [3.63, 3.8) is 0 Å². The van der Waals surface area contributed by atoms with Crippen LogP contribution in [0.2, 0.25) is 0 Å². The Kier molecular flexibility index (Phi) is 8.77. The first-order chi connectivity index (χ1) is 30.3. The van der Waals surface area contributed by atoms with E-state index in [4.69, 9.17) is 0 Å². The van der Waals surface area contributed by atoms with Gasteiger partial charge in [-0.05, 0) is 151 Å². The Morgan fingerprint density at radius 3 is 1.78 bits per heavy atom. The summed E-state index contributed by atoms with van der Waals surface area (Å²) in [5, 5.41) is 1.19. The molecule has 0 radical (unpaired) electrons. The molecule has 1 aliphatic carbocycles. The molecular formula is C59H65BN2S. The van der Waals surface area contributed by atoms with Gasteiger partial charge in [-0.3, -0.25) is 0 Å². The SMILES string of the molecule is [2H]c1cc(C(C)(C)C)cc([2H])c1N1c2cc(C)cc3c2B(c2cc4c(cc2N3c2ccc(C(C)(C)C)cc2-c2ccccc2)C(C)(C)CCC4(C)C)c2sc3ccc(C(C)(C)C)cc3c21. The molecule has 320 valence electrons. The largest absolute Gasteiger partial charge is 0.311 e. The topological polar surface area (TPSA) is 6.48 Å². The molecule has 0 unspecified atom stereocenters. The predicted octanol–water partition coefficient (Wildman–Crippen LogP) is 15.2. The van der Waals surface area contributed by atoms with E-state index >= 15 is 0 Å². The van der Waals surface area contributed by atoms with Gasteiger partial charge in [0, 0.05) is 43.2 Å². The summed E-state index contributed by atoms with van der Waals surface area (Å²) in [5.41, 5.74) is 18.7. The molecule has 63 heavy (non-hydrogen) atoms. The average Bonchev–Trinajstić information content (AvgIpc) is 3.60. The molecule has 0 N–H and O–H groups in total. The molecule has 0 amide bonds. The van der Waals surface area contributed by atoms with E-state index < -0.39 is 0 Å². The monoisotopic (exact) mass is 847 g/mol. The van der Waals surface area contributed by atoms with E-state index in [2.05, 4.69) is 198 Å². The third-order valence-corrected chi connectivity index (χ3v) is 15.9. The third-order valence-electron chi connectivity index (χ3n) is 14.6. The second-order valence-corrected chi connectivity index (χ2v) is 24.4. The van der Waals surface area contributed by atoms with Crippen LogP contribution in [0.25, 0.3) is 21.2 Å². The molecule has 0 spiro atoms. The smallest absolute Gasteiger partial charge is 0.264 e. The molecule has 0 atom stereocenters. The molecule has 6 aromatic carbocycles. The fourth-order valence-corrected chi connectivity index (χ4v) is 11.9. The summed E-state index contributed by atoms with van der Waals surface area (Å²) >= 11 is 1.90. The second kappa shape index (κ2) is 14.0. The number of nitrogens with zero attached hydrogens (tertiary/aromatic N) is 2. The zero-order chi connectivity index (χ0) is 46.5. The Balaban J connectivity index is 1.38. The first-order valence-electron chi connectivity index (χ1n) is 24.2. The quantitative estimate of drug-likeness (QED) is 0.163. The van der Waals surface area contributed by atoms with E-state index in [1.807, 2.05) is 23.5 Å². The van der Waals surface area contributed by atoms with Crippen molar-refractivity contribution >= 4 is 78.0 Å². The highest BCUT2D eigenvalue weighted by atomic mass is 32.1. The zero-order valence-electron chi connectivity index (χ0n) is 42.1. The minimum Gasteiger partial charge on any atom is -0.311 e. The molecule has 1 aromatic heterocycles. The molecular weight excluding hydrogens is 780 g/mol. The highest BCUT2D eigenvalue weighted by Crippen LogP contribution is 2.53. The van der Waals surface area contributed by atoms with Crippen LogP contribution < -0.4 is 25.5 Å². The molecule has 2 aliphatic heterocycles.